The van der Waals surface area contributed by atoms with Gasteiger partial charge < -0.3 is 33.8 Å². The number of esters is 4. The largest absolute Gasteiger partial charge is 0.472 e. The van der Waals surface area contributed by atoms with E-state index in [1.807, 2.05) is 0 Å². The summed E-state index contributed by atoms with van der Waals surface area (Å²) >= 11 is 0. The van der Waals surface area contributed by atoms with E-state index >= 15 is 0 Å². The van der Waals surface area contributed by atoms with Gasteiger partial charge in [0.25, 0.3) is 0 Å². The lowest BCUT2D eigenvalue weighted by Gasteiger charge is -2.21. The first-order chi connectivity index (χ1) is 40.7. The van der Waals surface area contributed by atoms with Gasteiger partial charge in [0.1, 0.15) is 19.3 Å². The van der Waals surface area contributed by atoms with Gasteiger partial charge >= 0.3 is 39.5 Å². The zero-order valence-corrected chi connectivity index (χ0v) is 56.9. The molecule has 0 radical (unpaired) electrons. The van der Waals surface area contributed by atoms with Crippen molar-refractivity contribution < 1.29 is 80.2 Å². The highest BCUT2D eigenvalue weighted by atomic mass is 31.2. The fourth-order valence-electron chi connectivity index (χ4n) is 9.83. The van der Waals surface area contributed by atoms with Crippen molar-refractivity contribution in [3.8, 4) is 0 Å². The molecule has 0 heterocycles. The minimum atomic E-state index is -4.95. The van der Waals surface area contributed by atoms with Gasteiger partial charge in [-0.3, -0.25) is 37.3 Å². The number of rotatable bonds is 64. The molecule has 0 fully saturated rings. The number of ether oxygens (including phenoxy) is 4. The Hall–Kier alpha value is -1.94. The van der Waals surface area contributed by atoms with Gasteiger partial charge in [0.05, 0.1) is 26.4 Å². The fourth-order valence-corrected chi connectivity index (χ4v) is 11.4. The molecule has 0 aliphatic heterocycles. The van der Waals surface area contributed by atoms with E-state index in [0.717, 1.165) is 114 Å². The van der Waals surface area contributed by atoms with Gasteiger partial charge in [-0.1, -0.05) is 273 Å². The van der Waals surface area contributed by atoms with Crippen LogP contribution in [0, 0.1) is 17.8 Å². The number of phosphoric ester groups is 2. The summed E-state index contributed by atoms with van der Waals surface area (Å²) in [7, 11) is -9.88. The smallest absolute Gasteiger partial charge is 0.462 e. The summed E-state index contributed by atoms with van der Waals surface area (Å²) in [6, 6.07) is 0. The Morgan fingerprint density at radius 3 is 0.800 bits per heavy atom. The van der Waals surface area contributed by atoms with Crippen molar-refractivity contribution in [3.63, 3.8) is 0 Å². The van der Waals surface area contributed by atoms with Crippen LogP contribution in [0.25, 0.3) is 0 Å². The number of hydrogen-bond acceptors (Lipinski definition) is 15. The second-order valence-corrected chi connectivity index (χ2v) is 28.2. The maximum atomic E-state index is 13.0. The molecule has 0 saturated carbocycles. The van der Waals surface area contributed by atoms with Gasteiger partial charge in [0, 0.05) is 25.7 Å². The van der Waals surface area contributed by atoms with Crippen molar-refractivity contribution >= 4 is 39.5 Å². The molecule has 0 aliphatic rings. The van der Waals surface area contributed by atoms with Crippen molar-refractivity contribution in [1.82, 2.24) is 0 Å². The zero-order valence-electron chi connectivity index (χ0n) is 55.1. The molecule has 5 atom stereocenters. The van der Waals surface area contributed by atoms with Gasteiger partial charge in [0.15, 0.2) is 12.2 Å². The molecule has 19 heteroatoms. The Balaban J connectivity index is 5.18. The van der Waals surface area contributed by atoms with E-state index in [-0.39, 0.29) is 25.7 Å². The average Bonchev–Trinajstić information content (AvgIpc) is 3.51. The van der Waals surface area contributed by atoms with E-state index in [0.29, 0.717) is 25.7 Å². The highest BCUT2D eigenvalue weighted by Crippen LogP contribution is 2.45. The standard InChI is InChI=1S/C66H128O17P2/c1-8-9-10-30-40-47-63(68)76-53-61(82-66(71)50-43-36-29-23-22-26-33-39-46-59(6)7)55-80-84(72,73)78-51-60(67)52-79-85(74,75)81-56-62(54-77-64(69)48-41-34-27-20-17-16-19-25-32-38-45-58(4)5)83-65(70)49-42-35-28-21-15-13-11-12-14-18-24-31-37-44-57(2)3/h57-62,67H,8-56H2,1-7H3,(H,72,73)(H,74,75)/t60-,61+,62+/m0/s1. The van der Waals surface area contributed by atoms with E-state index in [4.69, 9.17) is 37.0 Å². The number of unbranched alkanes of at least 4 members (excludes halogenated alkanes) is 32. The third-order valence-corrected chi connectivity index (χ3v) is 17.0. The van der Waals surface area contributed by atoms with Gasteiger partial charge in [-0.05, 0) is 43.4 Å². The van der Waals surface area contributed by atoms with Crippen molar-refractivity contribution in [1.29, 1.82) is 0 Å². The molecule has 0 bridgehead atoms. The van der Waals surface area contributed by atoms with E-state index in [1.54, 1.807) is 0 Å². The van der Waals surface area contributed by atoms with Gasteiger partial charge in [-0.2, -0.15) is 0 Å². The fraction of sp³-hybridized carbons (Fsp3) is 0.939. The Bertz CT molecular complexity index is 1680. The van der Waals surface area contributed by atoms with Crippen molar-refractivity contribution in [2.75, 3.05) is 39.6 Å². The van der Waals surface area contributed by atoms with Crippen LogP contribution in [0.4, 0.5) is 0 Å². The summed E-state index contributed by atoms with van der Waals surface area (Å²) in [5.41, 5.74) is 0. The van der Waals surface area contributed by atoms with Crippen molar-refractivity contribution in [3.05, 3.63) is 0 Å². The number of aliphatic hydroxyl groups excluding tert-OH is 1. The number of carbonyl (C=O) groups excluding carboxylic acids is 4. The molecule has 0 rings (SSSR count). The second-order valence-electron chi connectivity index (χ2n) is 25.3. The van der Waals surface area contributed by atoms with Crippen molar-refractivity contribution in [2.24, 2.45) is 17.8 Å². The lowest BCUT2D eigenvalue weighted by molar-refractivity contribution is -0.161. The normalized spacial score (nSPS) is 14.3. The molecular weight excluding hydrogens is 1130 g/mol. The summed E-state index contributed by atoms with van der Waals surface area (Å²) in [4.78, 5) is 72.1. The molecule has 17 nitrogen and oxygen atoms in total. The Labute approximate surface area is 517 Å². The first kappa shape index (κ1) is 83.1. The molecule has 0 aromatic heterocycles. The topological polar surface area (TPSA) is 237 Å². The predicted octanol–water partition coefficient (Wildman–Crippen LogP) is 18.3. The van der Waals surface area contributed by atoms with E-state index in [1.165, 1.54) is 128 Å². The van der Waals surface area contributed by atoms with E-state index < -0.39 is 97.5 Å². The quantitative estimate of drug-likeness (QED) is 0.0222. The maximum Gasteiger partial charge on any atom is 0.472 e. The molecule has 0 aromatic rings. The van der Waals surface area contributed by atoms with Crippen LogP contribution >= 0.6 is 15.6 Å². The molecule has 0 saturated heterocycles. The molecule has 2 unspecified atom stereocenters. The van der Waals surface area contributed by atoms with Gasteiger partial charge in [-0.15, -0.1) is 0 Å². The van der Waals surface area contributed by atoms with E-state index in [9.17, 15) is 43.2 Å². The zero-order chi connectivity index (χ0) is 63.1. The van der Waals surface area contributed by atoms with Crippen LogP contribution in [0.1, 0.15) is 325 Å². The molecule has 0 aromatic carbocycles. The third kappa shape index (κ3) is 60.7. The van der Waals surface area contributed by atoms with Crippen molar-refractivity contribution in [2.45, 2.75) is 343 Å². The monoisotopic (exact) mass is 1250 g/mol. The second kappa shape index (κ2) is 57.2. The molecule has 0 aliphatic carbocycles. The Morgan fingerprint density at radius 1 is 0.318 bits per heavy atom. The molecular formula is C66H128O17P2. The highest BCUT2D eigenvalue weighted by molar-refractivity contribution is 7.47. The number of hydrogen-bond donors (Lipinski definition) is 3. The van der Waals surface area contributed by atoms with Crippen LogP contribution in [-0.2, 0) is 65.4 Å². The summed E-state index contributed by atoms with van der Waals surface area (Å²) < 4.78 is 67.9. The van der Waals surface area contributed by atoms with Gasteiger partial charge in [-0.25, -0.2) is 9.13 Å². The molecule has 504 valence electrons. The summed E-state index contributed by atoms with van der Waals surface area (Å²) in [5.74, 6) is 0.120. The first-order valence-electron chi connectivity index (χ1n) is 34.3. The van der Waals surface area contributed by atoms with E-state index in [2.05, 4.69) is 48.5 Å². The van der Waals surface area contributed by atoms with Crippen LogP contribution < -0.4 is 0 Å². The molecule has 0 spiro atoms. The number of carbonyl (C=O) groups is 4. The van der Waals surface area contributed by atoms with Crippen LogP contribution in [-0.4, -0.2) is 96.7 Å². The first-order valence-corrected chi connectivity index (χ1v) is 37.3. The predicted molar refractivity (Wildman–Crippen MR) is 340 cm³/mol. The van der Waals surface area contributed by atoms with Crippen LogP contribution in [0.15, 0.2) is 0 Å². The number of phosphoric acid groups is 2. The maximum absolute atomic E-state index is 13.0. The minimum Gasteiger partial charge on any atom is -0.462 e. The third-order valence-electron chi connectivity index (χ3n) is 15.1. The van der Waals surface area contributed by atoms with Crippen LogP contribution in [0.2, 0.25) is 0 Å². The van der Waals surface area contributed by atoms with Crippen LogP contribution in [0.5, 0.6) is 0 Å². The van der Waals surface area contributed by atoms with Gasteiger partial charge in [0.2, 0.25) is 0 Å². The highest BCUT2D eigenvalue weighted by Gasteiger charge is 2.30. The summed E-state index contributed by atoms with van der Waals surface area (Å²) in [6.07, 6.45) is 39.3. The summed E-state index contributed by atoms with van der Waals surface area (Å²) in [6.45, 7) is 11.7. The molecule has 0 amide bonds. The number of aliphatic hydroxyl groups is 1. The minimum absolute atomic E-state index is 0.103. The average molecular weight is 1260 g/mol. The SMILES string of the molecule is CCCCCCCC(=O)OC[C@H](COP(=O)(O)OC[C@H](O)COP(=O)(O)OC[C@@H](COC(=O)CCCCCCCCCCCCC(C)C)OC(=O)CCCCCCCCCCCCCCCC(C)C)OC(=O)CCCCCCCCCCC(C)C. The summed E-state index contributed by atoms with van der Waals surface area (Å²) in [5, 5.41) is 10.5. The molecule has 3 N–H and O–H groups in total. The molecule has 85 heavy (non-hydrogen) atoms. The van der Waals surface area contributed by atoms with Crippen LogP contribution in [0.3, 0.4) is 0 Å². The lowest BCUT2D eigenvalue weighted by atomic mass is 10.0. The Kier molecular flexibility index (Phi) is 55.9. The lowest BCUT2D eigenvalue weighted by Crippen LogP contribution is -2.30. The Morgan fingerprint density at radius 2 is 0.541 bits per heavy atom.